The third-order valence-electron chi connectivity index (χ3n) is 4.72. The summed E-state index contributed by atoms with van der Waals surface area (Å²) in [6, 6.07) is 6.26. The first-order valence-electron chi connectivity index (χ1n) is 7.66. The van der Waals surface area contributed by atoms with Crippen molar-refractivity contribution in [2.75, 3.05) is 7.05 Å². The van der Waals surface area contributed by atoms with E-state index in [9.17, 15) is 9.18 Å². The number of hydrogen-bond acceptors (Lipinski definition) is 2. The first-order chi connectivity index (χ1) is 9.85. The van der Waals surface area contributed by atoms with Gasteiger partial charge in [-0.05, 0) is 31.7 Å². The molecule has 4 heteroatoms. The maximum Gasteiger partial charge on any atom is 0.242 e. The minimum atomic E-state index is -0.800. The quantitative estimate of drug-likeness (QED) is 0.929. The molecule has 1 saturated carbocycles. The summed E-state index contributed by atoms with van der Waals surface area (Å²) < 4.78 is 13.9. The zero-order valence-corrected chi connectivity index (χ0v) is 13.1. The highest BCUT2D eigenvalue weighted by molar-refractivity contribution is 5.86. The van der Waals surface area contributed by atoms with Gasteiger partial charge >= 0.3 is 0 Å². The molecule has 0 bridgehead atoms. The lowest BCUT2D eigenvalue weighted by molar-refractivity contribution is -0.139. The van der Waals surface area contributed by atoms with E-state index in [4.69, 9.17) is 5.73 Å². The molecular formula is C17H25FN2O. The second-order valence-electron chi connectivity index (χ2n) is 6.47. The standard InChI is InChI=1S/C17H25FN2O/c1-12-7-6-10-17(19,11-12)16(21)20(3)13(2)14-8-4-5-9-15(14)18/h4-5,8-9,12-13H,6-7,10-11,19H2,1-3H3. The monoisotopic (exact) mass is 292 g/mol. The molecule has 0 aliphatic heterocycles. The van der Waals surface area contributed by atoms with Gasteiger partial charge in [0.05, 0.1) is 11.6 Å². The normalized spacial score (nSPS) is 27.2. The van der Waals surface area contributed by atoms with Crippen LogP contribution in [0.1, 0.15) is 51.1 Å². The van der Waals surface area contributed by atoms with Crippen LogP contribution in [0.3, 0.4) is 0 Å². The van der Waals surface area contributed by atoms with Crippen molar-refractivity contribution in [1.29, 1.82) is 0 Å². The molecular weight excluding hydrogens is 267 g/mol. The van der Waals surface area contributed by atoms with Gasteiger partial charge in [0, 0.05) is 12.6 Å². The highest BCUT2D eigenvalue weighted by Crippen LogP contribution is 2.33. The molecule has 1 fully saturated rings. The number of likely N-dealkylation sites (N-methyl/N-ethyl adjacent to an activating group) is 1. The molecule has 2 N–H and O–H groups in total. The topological polar surface area (TPSA) is 46.3 Å². The minimum absolute atomic E-state index is 0.0789. The molecule has 3 atom stereocenters. The largest absolute Gasteiger partial charge is 0.337 e. The maximum absolute atomic E-state index is 13.9. The van der Waals surface area contributed by atoms with Crippen LogP contribution in [0.5, 0.6) is 0 Å². The van der Waals surface area contributed by atoms with Gasteiger partial charge in [-0.2, -0.15) is 0 Å². The number of rotatable bonds is 3. The fraction of sp³-hybridized carbons (Fsp3) is 0.588. The SMILES string of the molecule is CC1CCCC(N)(C(=O)N(C)C(C)c2ccccc2F)C1. The van der Waals surface area contributed by atoms with E-state index in [0.717, 1.165) is 12.8 Å². The molecule has 1 aliphatic rings. The molecule has 116 valence electrons. The lowest BCUT2D eigenvalue weighted by Gasteiger charge is -2.40. The molecule has 0 heterocycles. The van der Waals surface area contributed by atoms with Gasteiger partial charge in [0.2, 0.25) is 5.91 Å². The zero-order valence-electron chi connectivity index (χ0n) is 13.1. The van der Waals surface area contributed by atoms with Crippen molar-refractivity contribution in [1.82, 2.24) is 4.90 Å². The van der Waals surface area contributed by atoms with Gasteiger partial charge < -0.3 is 10.6 Å². The van der Waals surface area contributed by atoms with Crippen LogP contribution >= 0.6 is 0 Å². The Kier molecular flexibility index (Phi) is 4.67. The molecule has 0 radical (unpaired) electrons. The van der Waals surface area contributed by atoms with Crippen LogP contribution in [0.2, 0.25) is 0 Å². The third kappa shape index (κ3) is 3.26. The smallest absolute Gasteiger partial charge is 0.242 e. The molecule has 21 heavy (non-hydrogen) atoms. The Bertz CT molecular complexity index is 519. The molecule has 0 saturated heterocycles. The Labute approximate surface area is 126 Å². The Morgan fingerprint density at radius 3 is 2.76 bits per heavy atom. The van der Waals surface area contributed by atoms with Crippen molar-refractivity contribution in [3.63, 3.8) is 0 Å². The molecule has 3 nitrogen and oxygen atoms in total. The highest BCUT2D eigenvalue weighted by Gasteiger charge is 2.40. The maximum atomic E-state index is 13.9. The van der Waals surface area contributed by atoms with Gasteiger partial charge in [-0.3, -0.25) is 4.79 Å². The summed E-state index contributed by atoms with van der Waals surface area (Å²) in [7, 11) is 1.72. The lowest BCUT2D eigenvalue weighted by atomic mass is 9.76. The van der Waals surface area contributed by atoms with E-state index in [1.807, 2.05) is 6.92 Å². The number of carbonyl (C=O) groups excluding carboxylic acids is 1. The van der Waals surface area contributed by atoms with Gasteiger partial charge in [-0.1, -0.05) is 38.0 Å². The average molecular weight is 292 g/mol. The second kappa shape index (κ2) is 6.14. The van der Waals surface area contributed by atoms with Gasteiger partial charge in [0.1, 0.15) is 5.82 Å². The first kappa shape index (κ1) is 16.0. The fourth-order valence-electron chi connectivity index (χ4n) is 3.34. The Balaban J connectivity index is 2.17. The fourth-order valence-corrected chi connectivity index (χ4v) is 3.34. The van der Waals surface area contributed by atoms with E-state index >= 15 is 0 Å². The number of benzene rings is 1. The number of carbonyl (C=O) groups is 1. The Hall–Kier alpha value is -1.42. The summed E-state index contributed by atoms with van der Waals surface area (Å²) in [5.74, 6) is 0.0994. The van der Waals surface area contributed by atoms with Gasteiger partial charge in [-0.25, -0.2) is 4.39 Å². The van der Waals surface area contributed by atoms with Crippen molar-refractivity contribution in [3.05, 3.63) is 35.6 Å². The van der Waals surface area contributed by atoms with Gasteiger partial charge in [-0.15, -0.1) is 0 Å². The summed E-state index contributed by atoms with van der Waals surface area (Å²) >= 11 is 0. The van der Waals surface area contributed by atoms with Crippen molar-refractivity contribution in [2.24, 2.45) is 11.7 Å². The molecule has 1 amide bonds. The lowest BCUT2D eigenvalue weighted by Crippen LogP contribution is -2.56. The van der Waals surface area contributed by atoms with E-state index in [2.05, 4.69) is 6.92 Å². The van der Waals surface area contributed by atoms with Crippen LogP contribution < -0.4 is 5.73 Å². The van der Waals surface area contributed by atoms with Gasteiger partial charge in [0.25, 0.3) is 0 Å². The predicted octanol–water partition coefficient (Wildman–Crippen LogP) is 3.25. The summed E-state index contributed by atoms with van der Waals surface area (Å²) in [4.78, 5) is 14.4. The molecule has 0 aromatic heterocycles. The van der Waals surface area contributed by atoms with Crippen molar-refractivity contribution >= 4 is 5.91 Å². The van der Waals surface area contributed by atoms with Crippen LogP contribution in [-0.4, -0.2) is 23.4 Å². The first-order valence-corrected chi connectivity index (χ1v) is 7.66. The summed E-state index contributed by atoms with van der Waals surface area (Å²) in [5.41, 5.74) is 6.09. The highest BCUT2D eigenvalue weighted by atomic mass is 19.1. The van der Waals surface area contributed by atoms with E-state index in [0.29, 0.717) is 24.3 Å². The summed E-state index contributed by atoms with van der Waals surface area (Å²) in [6.07, 6.45) is 3.52. The van der Waals surface area contributed by atoms with Gasteiger partial charge in [0.15, 0.2) is 0 Å². The van der Waals surface area contributed by atoms with Crippen LogP contribution in [-0.2, 0) is 4.79 Å². The Morgan fingerprint density at radius 2 is 2.14 bits per heavy atom. The van der Waals surface area contributed by atoms with E-state index < -0.39 is 5.54 Å². The number of nitrogens with zero attached hydrogens (tertiary/aromatic N) is 1. The van der Waals surface area contributed by atoms with E-state index in [1.165, 1.54) is 6.07 Å². The number of amides is 1. The number of nitrogens with two attached hydrogens (primary N) is 1. The molecule has 1 aromatic rings. The van der Waals surface area contributed by atoms with Crippen molar-refractivity contribution in [2.45, 2.75) is 51.1 Å². The summed E-state index contributed by atoms with van der Waals surface area (Å²) in [6.45, 7) is 3.97. The minimum Gasteiger partial charge on any atom is -0.337 e. The average Bonchev–Trinajstić information content (AvgIpc) is 2.45. The number of hydrogen-bond donors (Lipinski definition) is 1. The van der Waals surface area contributed by atoms with Crippen LogP contribution in [0.25, 0.3) is 0 Å². The molecule has 2 rings (SSSR count). The zero-order chi connectivity index (χ0) is 15.6. The molecule has 1 aliphatic carbocycles. The third-order valence-corrected chi connectivity index (χ3v) is 4.72. The van der Waals surface area contributed by atoms with E-state index in [1.54, 1.807) is 30.1 Å². The number of halogens is 1. The molecule has 1 aromatic carbocycles. The van der Waals surface area contributed by atoms with Crippen LogP contribution in [0.15, 0.2) is 24.3 Å². The Morgan fingerprint density at radius 1 is 1.48 bits per heavy atom. The van der Waals surface area contributed by atoms with Crippen molar-refractivity contribution in [3.8, 4) is 0 Å². The second-order valence-corrected chi connectivity index (χ2v) is 6.47. The molecule has 0 spiro atoms. The predicted molar refractivity (Wildman–Crippen MR) is 82.1 cm³/mol. The van der Waals surface area contributed by atoms with E-state index in [-0.39, 0.29) is 17.8 Å². The van der Waals surface area contributed by atoms with Crippen molar-refractivity contribution < 1.29 is 9.18 Å². The molecule has 3 unspecified atom stereocenters. The van der Waals surface area contributed by atoms with Crippen LogP contribution in [0, 0.1) is 11.7 Å². The summed E-state index contributed by atoms with van der Waals surface area (Å²) in [5, 5.41) is 0. The van der Waals surface area contributed by atoms with Crippen LogP contribution in [0.4, 0.5) is 4.39 Å².